The minimum absolute atomic E-state index is 0.333. The Morgan fingerprint density at radius 1 is 1.11 bits per heavy atom. The molecule has 0 aliphatic carbocycles. The highest BCUT2D eigenvalue weighted by Gasteiger charge is 2.16. The standard InChI is InChI=1S/C20H19Cl2N3O3/c1-12-9-19(24-25(12)11-15-16(21)5-4-6-17(15)22)23-20(26)14-8-7-13(27-2)10-18(14)28-3/h4-10H,11H2,1-3H3,(H,23,24,26). The number of carbonyl (C=O) groups is 1. The van der Waals surface area contributed by atoms with Crippen LogP contribution >= 0.6 is 23.2 Å². The molecule has 28 heavy (non-hydrogen) atoms. The van der Waals surface area contributed by atoms with Crippen LogP contribution < -0.4 is 14.8 Å². The molecule has 2 aromatic carbocycles. The summed E-state index contributed by atoms with van der Waals surface area (Å²) in [4.78, 5) is 12.7. The second-order valence-electron chi connectivity index (χ2n) is 6.05. The lowest BCUT2D eigenvalue weighted by Crippen LogP contribution is -2.14. The zero-order chi connectivity index (χ0) is 20.3. The van der Waals surface area contributed by atoms with E-state index in [1.165, 1.54) is 7.11 Å². The van der Waals surface area contributed by atoms with Gasteiger partial charge in [0.15, 0.2) is 5.82 Å². The van der Waals surface area contributed by atoms with Gasteiger partial charge < -0.3 is 14.8 Å². The first-order valence-corrected chi connectivity index (χ1v) is 9.19. The van der Waals surface area contributed by atoms with Crippen LogP contribution in [0.25, 0.3) is 0 Å². The largest absolute Gasteiger partial charge is 0.497 e. The van der Waals surface area contributed by atoms with E-state index in [-0.39, 0.29) is 5.91 Å². The van der Waals surface area contributed by atoms with Gasteiger partial charge in [-0.1, -0.05) is 29.3 Å². The Morgan fingerprint density at radius 3 is 2.46 bits per heavy atom. The summed E-state index contributed by atoms with van der Waals surface area (Å²) in [6.07, 6.45) is 0. The average molecular weight is 420 g/mol. The molecule has 1 heterocycles. The summed E-state index contributed by atoms with van der Waals surface area (Å²) >= 11 is 12.5. The monoisotopic (exact) mass is 419 g/mol. The lowest BCUT2D eigenvalue weighted by atomic mass is 10.1. The number of anilines is 1. The van der Waals surface area contributed by atoms with Crippen LogP contribution in [-0.2, 0) is 6.54 Å². The first-order chi connectivity index (χ1) is 13.4. The third-order valence-electron chi connectivity index (χ3n) is 4.25. The smallest absolute Gasteiger partial charge is 0.260 e. The molecule has 3 aromatic rings. The molecule has 1 amide bonds. The minimum Gasteiger partial charge on any atom is -0.497 e. The van der Waals surface area contributed by atoms with Crippen molar-refractivity contribution in [1.82, 2.24) is 9.78 Å². The Hall–Kier alpha value is -2.70. The third kappa shape index (κ3) is 4.24. The first kappa shape index (κ1) is 20.0. The molecule has 3 rings (SSSR count). The maximum atomic E-state index is 12.7. The van der Waals surface area contributed by atoms with Crippen molar-refractivity contribution in [1.29, 1.82) is 0 Å². The van der Waals surface area contributed by atoms with Crippen molar-refractivity contribution in [3.63, 3.8) is 0 Å². The van der Waals surface area contributed by atoms with E-state index in [9.17, 15) is 4.79 Å². The number of hydrogen-bond acceptors (Lipinski definition) is 4. The van der Waals surface area contributed by atoms with Gasteiger partial charge in [-0.25, -0.2) is 0 Å². The molecule has 0 spiro atoms. The Bertz CT molecular complexity index is 998. The van der Waals surface area contributed by atoms with E-state index < -0.39 is 0 Å². The van der Waals surface area contributed by atoms with Crippen molar-refractivity contribution in [3.8, 4) is 11.5 Å². The van der Waals surface area contributed by atoms with E-state index in [0.29, 0.717) is 39.5 Å². The second-order valence-corrected chi connectivity index (χ2v) is 6.86. The summed E-state index contributed by atoms with van der Waals surface area (Å²) in [5, 5.41) is 8.36. The van der Waals surface area contributed by atoms with Gasteiger partial charge in [-0.2, -0.15) is 5.10 Å². The van der Waals surface area contributed by atoms with Gasteiger partial charge in [0.25, 0.3) is 5.91 Å². The van der Waals surface area contributed by atoms with Crippen LogP contribution in [0.2, 0.25) is 10.0 Å². The lowest BCUT2D eigenvalue weighted by Gasteiger charge is -2.10. The SMILES string of the molecule is COc1ccc(C(=O)Nc2cc(C)n(Cc3c(Cl)cccc3Cl)n2)c(OC)c1. The number of halogens is 2. The number of nitrogens with one attached hydrogen (secondary N) is 1. The summed E-state index contributed by atoms with van der Waals surface area (Å²) in [7, 11) is 3.05. The van der Waals surface area contributed by atoms with E-state index in [4.69, 9.17) is 32.7 Å². The molecule has 146 valence electrons. The summed E-state index contributed by atoms with van der Waals surface area (Å²) in [6, 6.07) is 12.1. The summed E-state index contributed by atoms with van der Waals surface area (Å²) < 4.78 is 12.2. The van der Waals surface area contributed by atoms with Gasteiger partial charge in [-0.15, -0.1) is 0 Å². The van der Waals surface area contributed by atoms with Gasteiger partial charge >= 0.3 is 0 Å². The van der Waals surface area contributed by atoms with E-state index in [0.717, 1.165) is 11.3 Å². The Balaban J connectivity index is 1.81. The molecule has 1 aromatic heterocycles. The molecule has 0 atom stereocenters. The highest BCUT2D eigenvalue weighted by Crippen LogP contribution is 2.27. The Labute approximate surface area is 173 Å². The number of nitrogens with zero attached hydrogens (tertiary/aromatic N) is 2. The zero-order valence-electron chi connectivity index (χ0n) is 15.6. The quantitative estimate of drug-likeness (QED) is 0.621. The van der Waals surface area contributed by atoms with Crippen LogP contribution in [0.5, 0.6) is 11.5 Å². The third-order valence-corrected chi connectivity index (χ3v) is 4.95. The topological polar surface area (TPSA) is 65.4 Å². The van der Waals surface area contributed by atoms with Crippen LogP contribution in [0.3, 0.4) is 0 Å². The van der Waals surface area contributed by atoms with Crippen LogP contribution in [0, 0.1) is 6.92 Å². The van der Waals surface area contributed by atoms with Crippen molar-refractivity contribution in [2.45, 2.75) is 13.5 Å². The molecule has 0 unspecified atom stereocenters. The predicted octanol–water partition coefficient (Wildman–Crippen LogP) is 4.82. The van der Waals surface area contributed by atoms with Gasteiger partial charge in [0, 0.05) is 33.4 Å². The average Bonchev–Trinajstić information content (AvgIpc) is 3.02. The fourth-order valence-electron chi connectivity index (χ4n) is 2.73. The fraction of sp³-hybridized carbons (Fsp3) is 0.200. The molecular weight excluding hydrogens is 401 g/mol. The normalized spacial score (nSPS) is 10.6. The van der Waals surface area contributed by atoms with E-state index in [1.54, 1.807) is 54.3 Å². The van der Waals surface area contributed by atoms with E-state index >= 15 is 0 Å². The van der Waals surface area contributed by atoms with Crippen LogP contribution in [0.4, 0.5) is 5.82 Å². The van der Waals surface area contributed by atoms with Crippen LogP contribution in [0.15, 0.2) is 42.5 Å². The number of amides is 1. The van der Waals surface area contributed by atoms with Gasteiger partial charge in [-0.3, -0.25) is 9.48 Å². The molecule has 0 fully saturated rings. The molecule has 0 bridgehead atoms. The van der Waals surface area contributed by atoms with Gasteiger partial charge in [-0.05, 0) is 31.2 Å². The van der Waals surface area contributed by atoms with Crippen LogP contribution in [-0.4, -0.2) is 29.9 Å². The predicted molar refractivity (Wildman–Crippen MR) is 110 cm³/mol. The summed E-state index contributed by atoms with van der Waals surface area (Å²) in [5.74, 6) is 1.10. The van der Waals surface area contributed by atoms with Gasteiger partial charge in [0.05, 0.1) is 26.3 Å². The zero-order valence-corrected chi connectivity index (χ0v) is 17.1. The van der Waals surface area contributed by atoms with Crippen LogP contribution in [0.1, 0.15) is 21.6 Å². The van der Waals surface area contributed by atoms with Gasteiger partial charge in [0.2, 0.25) is 0 Å². The number of methoxy groups -OCH3 is 2. The number of benzene rings is 2. The van der Waals surface area contributed by atoms with E-state index in [2.05, 4.69) is 10.4 Å². The maximum absolute atomic E-state index is 12.7. The molecule has 1 N–H and O–H groups in total. The minimum atomic E-state index is -0.333. The molecule has 0 aliphatic rings. The molecule has 8 heteroatoms. The van der Waals surface area contributed by atoms with Crippen molar-refractivity contribution in [2.24, 2.45) is 0 Å². The summed E-state index contributed by atoms with van der Waals surface area (Å²) in [6.45, 7) is 2.29. The first-order valence-electron chi connectivity index (χ1n) is 8.43. The highest BCUT2D eigenvalue weighted by atomic mass is 35.5. The number of ether oxygens (including phenoxy) is 2. The number of aryl methyl sites for hydroxylation is 1. The number of rotatable bonds is 6. The molecule has 0 aliphatic heterocycles. The molecule has 0 radical (unpaired) electrons. The number of aromatic nitrogens is 2. The molecule has 6 nitrogen and oxygen atoms in total. The maximum Gasteiger partial charge on any atom is 0.260 e. The number of hydrogen-bond donors (Lipinski definition) is 1. The van der Waals surface area contributed by atoms with Crippen molar-refractivity contribution < 1.29 is 14.3 Å². The summed E-state index contributed by atoms with van der Waals surface area (Å²) in [5.41, 5.74) is 2.00. The van der Waals surface area contributed by atoms with E-state index in [1.807, 2.05) is 6.92 Å². The van der Waals surface area contributed by atoms with Gasteiger partial charge in [0.1, 0.15) is 11.5 Å². The fourth-order valence-corrected chi connectivity index (χ4v) is 3.25. The van der Waals surface area contributed by atoms with Crippen molar-refractivity contribution in [3.05, 3.63) is 69.3 Å². The number of carbonyl (C=O) groups excluding carboxylic acids is 1. The Morgan fingerprint density at radius 2 is 1.82 bits per heavy atom. The van der Waals surface area contributed by atoms with Crippen molar-refractivity contribution in [2.75, 3.05) is 19.5 Å². The second kappa shape index (κ2) is 8.54. The highest BCUT2D eigenvalue weighted by molar-refractivity contribution is 6.35. The molecule has 0 saturated carbocycles. The Kier molecular flexibility index (Phi) is 6.11. The molecule has 0 saturated heterocycles. The molecular formula is C20H19Cl2N3O3. The van der Waals surface area contributed by atoms with Crippen molar-refractivity contribution >= 4 is 34.9 Å². The lowest BCUT2D eigenvalue weighted by molar-refractivity contribution is 0.102.